The minimum absolute atomic E-state index is 0.0449. The smallest absolute Gasteiger partial charge is 0.365 e. The summed E-state index contributed by atoms with van der Waals surface area (Å²) in [6.07, 6.45) is 0. The Morgan fingerprint density at radius 2 is 1.89 bits per heavy atom. The molecule has 140 valence electrons. The van der Waals surface area contributed by atoms with E-state index in [-0.39, 0.29) is 27.7 Å². The summed E-state index contributed by atoms with van der Waals surface area (Å²) in [5.74, 6) is 4.32. The number of hydroxylamine groups is 2. The van der Waals surface area contributed by atoms with Crippen LogP contribution in [0.2, 0.25) is 5.02 Å². The minimum atomic E-state index is -1.19. The summed E-state index contributed by atoms with van der Waals surface area (Å²) >= 11 is 6.20. The van der Waals surface area contributed by atoms with Gasteiger partial charge in [0.15, 0.2) is 5.78 Å². The molecule has 0 bridgehead atoms. The second-order valence-corrected chi connectivity index (χ2v) is 6.43. The zero-order valence-electron chi connectivity index (χ0n) is 14.6. The molecule has 1 heterocycles. The third kappa shape index (κ3) is 3.27. The number of carbonyl (C=O) groups excluding carboxylic acids is 2. The molecule has 6 nitrogen and oxygen atoms in total. The van der Waals surface area contributed by atoms with Gasteiger partial charge in [0.1, 0.15) is 17.6 Å². The molecule has 27 heavy (non-hydrogen) atoms. The van der Waals surface area contributed by atoms with Crippen LogP contribution >= 0.6 is 11.6 Å². The Morgan fingerprint density at radius 3 is 2.52 bits per heavy atom. The first-order chi connectivity index (χ1) is 12.9. The predicted molar refractivity (Wildman–Crippen MR) is 98.0 cm³/mol. The quantitative estimate of drug-likeness (QED) is 0.362. The molecule has 0 aliphatic carbocycles. The molecule has 0 radical (unpaired) electrons. The van der Waals surface area contributed by atoms with Crippen LogP contribution in [0.1, 0.15) is 34.5 Å². The van der Waals surface area contributed by atoms with Crippen molar-refractivity contribution in [3.8, 4) is 0 Å². The lowest BCUT2D eigenvalue weighted by atomic mass is 9.90. The highest BCUT2D eigenvalue weighted by Crippen LogP contribution is 2.43. The normalized spacial score (nSPS) is 16.3. The standard InChI is InChI=1S/C19H17ClFN3O3/c1-10-6-3-4-7-12(10)18(25)15-11(2)27-24(19(26)23-22)17(15)16-13(20)8-5-9-14(16)21/h3-9,17H,22H2,1-2H3,(H,23,26). The van der Waals surface area contributed by atoms with E-state index in [1.807, 2.05) is 5.43 Å². The number of carbonyl (C=O) groups is 2. The van der Waals surface area contributed by atoms with Crippen LogP contribution in [0.15, 0.2) is 53.8 Å². The van der Waals surface area contributed by atoms with Crippen molar-refractivity contribution in [2.45, 2.75) is 19.9 Å². The Hall–Kier alpha value is -2.90. The van der Waals surface area contributed by atoms with E-state index >= 15 is 0 Å². The molecule has 8 heteroatoms. The van der Waals surface area contributed by atoms with E-state index in [0.29, 0.717) is 5.56 Å². The van der Waals surface area contributed by atoms with Gasteiger partial charge in [-0.05, 0) is 31.5 Å². The van der Waals surface area contributed by atoms with E-state index in [1.54, 1.807) is 31.2 Å². The number of nitrogens with two attached hydrogens (primary N) is 1. The summed E-state index contributed by atoms with van der Waals surface area (Å²) in [6, 6.07) is 9.05. The topological polar surface area (TPSA) is 84.7 Å². The van der Waals surface area contributed by atoms with Crippen molar-refractivity contribution in [3.05, 3.63) is 81.3 Å². The van der Waals surface area contributed by atoms with Crippen LogP contribution in [0.3, 0.4) is 0 Å². The molecule has 2 amide bonds. The first-order valence-electron chi connectivity index (χ1n) is 8.09. The number of urea groups is 1. The molecular formula is C19H17ClFN3O3. The van der Waals surface area contributed by atoms with Gasteiger partial charge in [0.2, 0.25) is 0 Å². The van der Waals surface area contributed by atoms with Gasteiger partial charge in [0, 0.05) is 16.1 Å². The number of benzene rings is 2. The molecule has 0 spiro atoms. The first kappa shape index (κ1) is 18.9. The van der Waals surface area contributed by atoms with Gasteiger partial charge in [-0.2, -0.15) is 0 Å². The number of aryl methyl sites for hydroxylation is 1. The highest BCUT2D eigenvalue weighted by molar-refractivity contribution is 6.31. The molecule has 1 unspecified atom stereocenters. The molecule has 2 aromatic carbocycles. The van der Waals surface area contributed by atoms with Gasteiger partial charge in [-0.15, -0.1) is 5.06 Å². The van der Waals surface area contributed by atoms with Gasteiger partial charge in [0.25, 0.3) is 0 Å². The Kier molecular flexibility index (Phi) is 5.16. The maximum absolute atomic E-state index is 14.6. The van der Waals surface area contributed by atoms with Crippen molar-refractivity contribution in [2.75, 3.05) is 0 Å². The zero-order valence-corrected chi connectivity index (χ0v) is 15.4. The number of Topliss-reactive ketones (excluding diaryl/α,β-unsaturated/α-hetero) is 1. The van der Waals surface area contributed by atoms with E-state index in [9.17, 15) is 14.0 Å². The number of halogens is 2. The van der Waals surface area contributed by atoms with Crippen LogP contribution in [0, 0.1) is 12.7 Å². The van der Waals surface area contributed by atoms with E-state index < -0.39 is 17.9 Å². The lowest BCUT2D eigenvalue weighted by molar-refractivity contribution is -0.0726. The number of hydrogen-bond acceptors (Lipinski definition) is 4. The van der Waals surface area contributed by atoms with E-state index in [2.05, 4.69) is 0 Å². The Bertz CT molecular complexity index is 941. The molecule has 0 saturated carbocycles. The third-order valence-electron chi connectivity index (χ3n) is 4.35. The summed E-state index contributed by atoms with van der Waals surface area (Å²) < 4.78 is 14.6. The van der Waals surface area contributed by atoms with Crippen LogP contribution in [0.25, 0.3) is 0 Å². The molecule has 0 aromatic heterocycles. The van der Waals surface area contributed by atoms with E-state index in [1.165, 1.54) is 25.1 Å². The molecule has 0 saturated heterocycles. The van der Waals surface area contributed by atoms with Crippen molar-refractivity contribution in [1.29, 1.82) is 0 Å². The maximum atomic E-state index is 14.6. The summed E-state index contributed by atoms with van der Waals surface area (Å²) in [6.45, 7) is 3.31. The highest BCUT2D eigenvalue weighted by Gasteiger charge is 2.44. The molecule has 1 atom stereocenters. The average Bonchev–Trinajstić information content (AvgIpc) is 2.97. The van der Waals surface area contributed by atoms with Crippen molar-refractivity contribution < 1.29 is 18.8 Å². The van der Waals surface area contributed by atoms with Gasteiger partial charge in [-0.25, -0.2) is 15.0 Å². The molecule has 2 aromatic rings. The lowest BCUT2D eigenvalue weighted by Gasteiger charge is -2.25. The van der Waals surface area contributed by atoms with Gasteiger partial charge in [-0.1, -0.05) is 41.9 Å². The molecule has 0 fully saturated rings. The number of ketones is 1. The Labute approximate surface area is 160 Å². The van der Waals surface area contributed by atoms with Gasteiger partial charge in [0.05, 0.1) is 5.57 Å². The van der Waals surface area contributed by atoms with Crippen LogP contribution in [0.5, 0.6) is 0 Å². The number of hydrogen-bond donors (Lipinski definition) is 2. The number of nitrogens with zero attached hydrogens (tertiary/aromatic N) is 1. The molecule has 1 aliphatic heterocycles. The summed E-state index contributed by atoms with van der Waals surface area (Å²) in [5.41, 5.74) is 3.16. The fourth-order valence-corrected chi connectivity index (χ4v) is 3.34. The fraction of sp³-hybridized carbons (Fsp3) is 0.158. The van der Waals surface area contributed by atoms with Crippen LogP contribution < -0.4 is 11.3 Å². The summed E-state index contributed by atoms with van der Waals surface area (Å²) in [4.78, 5) is 30.9. The van der Waals surface area contributed by atoms with Crippen molar-refractivity contribution >= 4 is 23.4 Å². The number of hydrazine groups is 1. The van der Waals surface area contributed by atoms with Crippen LogP contribution in [-0.4, -0.2) is 16.9 Å². The molecule has 3 N–H and O–H groups in total. The number of nitrogens with one attached hydrogen (secondary N) is 1. The van der Waals surface area contributed by atoms with Gasteiger partial charge < -0.3 is 4.84 Å². The van der Waals surface area contributed by atoms with Crippen molar-refractivity contribution in [3.63, 3.8) is 0 Å². The number of allylic oxidation sites excluding steroid dienone is 1. The van der Waals surface area contributed by atoms with Crippen LogP contribution in [-0.2, 0) is 4.84 Å². The first-order valence-corrected chi connectivity index (χ1v) is 8.47. The van der Waals surface area contributed by atoms with Crippen molar-refractivity contribution in [2.24, 2.45) is 5.84 Å². The average molecular weight is 390 g/mol. The third-order valence-corrected chi connectivity index (χ3v) is 4.68. The Morgan fingerprint density at radius 1 is 1.19 bits per heavy atom. The van der Waals surface area contributed by atoms with Gasteiger partial charge >= 0.3 is 6.03 Å². The summed E-state index contributed by atoms with van der Waals surface area (Å²) in [7, 11) is 0. The molecule has 1 aliphatic rings. The summed E-state index contributed by atoms with van der Waals surface area (Å²) in [5, 5.41) is 0.869. The van der Waals surface area contributed by atoms with Crippen LogP contribution in [0.4, 0.5) is 9.18 Å². The number of rotatable bonds is 3. The monoisotopic (exact) mass is 389 g/mol. The largest absolute Gasteiger partial charge is 0.379 e. The highest BCUT2D eigenvalue weighted by atomic mass is 35.5. The second-order valence-electron chi connectivity index (χ2n) is 6.02. The lowest BCUT2D eigenvalue weighted by Crippen LogP contribution is -2.43. The number of amides is 2. The fourth-order valence-electron chi connectivity index (χ4n) is 3.07. The van der Waals surface area contributed by atoms with Gasteiger partial charge in [-0.3, -0.25) is 10.2 Å². The van der Waals surface area contributed by atoms with E-state index in [4.69, 9.17) is 22.3 Å². The predicted octanol–water partition coefficient (Wildman–Crippen LogP) is 3.82. The SMILES string of the molecule is CC1=C(C(=O)c2ccccc2C)C(c2c(F)cccc2Cl)N(C(=O)NN)O1. The Balaban J connectivity index is 2.19. The maximum Gasteiger partial charge on any atom is 0.365 e. The minimum Gasteiger partial charge on any atom is -0.379 e. The zero-order chi connectivity index (χ0) is 19.7. The van der Waals surface area contributed by atoms with Crippen molar-refractivity contribution in [1.82, 2.24) is 10.5 Å². The molecule has 3 rings (SSSR count). The molecular weight excluding hydrogens is 373 g/mol. The van der Waals surface area contributed by atoms with E-state index in [0.717, 1.165) is 10.6 Å². The second kappa shape index (κ2) is 7.38.